The van der Waals surface area contributed by atoms with Crippen LogP contribution in [0.15, 0.2) is 24.3 Å². The molecule has 2 atom stereocenters. The van der Waals surface area contributed by atoms with Gasteiger partial charge in [0, 0.05) is 18.5 Å². The molecule has 182 valence electrons. The molecule has 0 saturated heterocycles. The summed E-state index contributed by atoms with van der Waals surface area (Å²) in [7, 11) is 0. The third-order valence-electron chi connectivity index (χ3n) is 5.83. The zero-order chi connectivity index (χ0) is 25.2. The minimum atomic E-state index is -0.922. The van der Waals surface area contributed by atoms with Crippen molar-refractivity contribution in [2.75, 3.05) is 13.2 Å². The number of hydrogen-bond donors (Lipinski definition) is 0. The first-order chi connectivity index (χ1) is 16.0. The van der Waals surface area contributed by atoms with Gasteiger partial charge in [0.05, 0.1) is 35.7 Å². The molecule has 0 saturated carbocycles. The summed E-state index contributed by atoms with van der Waals surface area (Å²) < 4.78 is 12.6. The Labute approximate surface area is 201 Å². The van der Waals surface area contributed by atoms with Crippen molar-refractivity contribution in [2.45, 2.75) is 78.4 Å². The number of benzene rings is 1. The first-order valence-electron chi connectivity index (χ1n) is 11.8. The quantitative estimate of drug-likeness (QED) is 0.574. The minimum Gasteiger partial charge on any atom is -0.465 e. The third-order valence-corrected chi connectivity index (χ3v) is 5.83. The average Bonchev–Trinajstić information content (AvgIpc) is 3.16. The third kappa shape index (κ3) is 5.09. The molecule has 2 unspecified atom stereocenters. The van der Waals surface area contributed by atoms with Gasteiger partial charge in [-0.15, -0.1) is 0 Å². The van der Waals surface area contributed by atoms with Crippen LogP contribution in [0.1, 0.15) is 88.9 Å². The molecular weight excluding hydrogens is 432 g/mol. The van der Waals surface area contributed by atoms with Crippen molar-refractivity contribution in [3.05, 3.63) is 46.8 Å². The number of hydrogen-bond acceptors (Lipinski definition) is 6. The van der Waals surface area contributed by atoms with Gasteiger partial charge >= 0.3 is 12.1 Å². The number of carbonyl (C=O) groups is 2. The summed E-state index contributed by atoms with van der Waals surface area (Å²) in [5.74, 6) is -0.721. The van der Waals surface area contributed by atoms with Crippen LogP contribution in [0.3, 0.4) is 0 Å². The monoisotopic (exact) mass is 466 g/mol. The summed E-state index contributed by atoms with van der Waals surface area (Å²) >= 11 is 0. The molecule has 0 bridgehead atoms. The molecule has 0 spiro atoms. The van der Waals surface area contributed by atoms with Crippen LogP contribution < -0.4 is 0 Å². The summed E-state index contributed by atoms with van der Waals surface area (Å²) in [4.78, 5) is 27.0. The summed E-state index contributed by atoms with van der Waals surface area (Å²) in [5.41, 5.74) is 3.19. The van der Waals surface area contributed by atoms with Crippen molar-refractivity contribution < 1.29 is 19.1 Å². The Kier molecular flexibility index (Phi) is 7.35. The lowest BCUT2D eigenvalue weighted by atomic mass is 9.92. The highest BCUT2D eigenvalue weighted by Crippen LogP contribution is 2.37. The van der Waals surface area contributed by atoms with Crippen LogP contribution in [0.5, 0.6) is 0 Å². The van der Waals surface area contributed by atoms with Crippen LogP contribution in [0, 0.1) is 11.3 Å². The Morgan fingerprint density at radius 3 is 2.38 bits per heavy atom. The highest BCUT2D eigenvalue weighted by atomic mass is 16.6. The smallest absolute Gasteiger partial charge is 0.411 e. The van der Waals surface area contributed by atoms with Gasteiger partial charge in [-0.3, -0.25) is 9.69 Å². The average molecular weight is 467 g/mol. The second kappa shape index (κ2) is 9.88. The molecule has 8 nitrogen and oxygen atoms in total. The molecule has 3 rings (SSSR count). The Hall–Kier alpha value is -3.34. The zero-order valence-corrected chi connectivity index (χ0v) is 21.1. The van der Waals surface area contributed by atoms with Gasteiger partial charge in [0.2, 0.25) is 0 Å². The molecule has 0 aliphatic carbocycles. The lowest BCUT2D eigenvalue weighted by molar-refractivity contribution is -0.144. The first kappa shape index (κ1) is 25.3. The molecule has 0 radical (unpaired) electrons. The lowest BCUT2D eigenvalue weighted by Crippen LogP contribution is -2.43. The molecule has 34 heavy (non-hydrogen) atoms. The molecule has 1 aliphatic heterocycles. The molecule has 2 heterocycles. The van der Waals surface area contributed by atoms with Crippen LogP contribution in [-0.2, 0) is 20.7 Å². The number of esters is 1. The Balaban J connectivity index is 2.13. The summed E-state index contributed by atoms with van der Waals surface area (Å²) in [5, 5.41) is 14.9. The van der Waals surface area contributed by atoms with Crippen molar-refractivity contribution >= 4 is 12.1 Å². The molecule has 0 fully saturated rings. The fraction of sp³-hybridized carbons (Fsp3) is 0.538. The van der Waals surface area contributed by atoms with Gasteiger partial charge < -0.3 is 9.47 Å². The molecule has 1 aromatic heterocycles. The van der Waals surface area contributed by atoms with E-state index in [9.17, 15) is 14.9 Å². The molecule has 2 aromatic rings. The van der Waals surface area contributed by atoms with E-state index in [2.05, 4.69) is 32.0 Å². The lowest BCUT2D eigenvalue weighted by Gasteiger charge is -2.34. The molecule has 0 N–H and O–H groups in total. The van der Waals surface area contributed by atoms with Crippen molar-refractivity contribution in [1.29, 1.82) is 5.26 Å². The molecular formula is C26H34N4O4. The van der Waals surface area contributed by atoms with Crippen LogP contribution in [0.25, 0.3) is 5.69 Å². The van der Waals surface area contributed by atoms with Crippen molar-refractivity contribution in [3.63, 3.8) is 0 Å². The second-order valence-corrected chi connectivity index (χ2v) is 9.83. The molecule has 1 aromatic carbocycles. The molecule has 1 aliphatic rings. The van der Waals surface area contributed by atoms with Gasteiger partial charge in [-0.2, -0.15) is 10.4 Å². The van der Waals surface area contributed by atoms with Crippen molar-refractivity contribution in [2.24, 2.45) is 0 Å². The summed E-state index contributed by atoms with van der Waals surface area (Å²) in [6, 6.07) is 9.42. The zero-order valence-electron chi connectivity index (χ0n) is 21.1. The highest BCUT2D eigenvalue weighted by Gasteiger charge is 2.40. The fourth-order valence-electron chi connectivity index (χ4n) is 4.10. The Morgan fingerprint density at radius 1 is 1.21 bits per heavy atom. The number of amides is 1. The van der Waals surface area contributed by atoms with Gasteiger partial charge in [0.25, 0.3) is 0 Å². The Morgan fingerprint density at radius 2 is 1.85 bits per heavy atom. The predicted octanol–water partition coefficient (Wildman–Crippen LogP) is 5.02. The topological polar surface area (TPSA) is 97.5 Å². The maximum atomic E-state index is 12.9. The predicted molar refractivity (Wildman–Crippen MR) is 128 cm³/mol. The van der Waals surface area contributed by atoms with Gasteiger partial charge in [0.1, 0.15) is 5.60 Å². The maximum absolute atomic E-state index is 12.9. The van der Waals surface area contributed by atoms with Gasteiger partial charge in [-0.05, 0) is 58.2 Å². The van der Waals surface area contributed by atoms with E-state index in [1.807, 2.05) is 12.1 Å². The van der Waals surface area contributed by atoms with Gasteiger partial charge in [-0.25, -0.2) is 9.48 Å². The number of aromatic nitrogens is 2. The SMILES string of the molecule is CCOC(=O)C(C)c1nn(-c2ccc(C(C)C)cc2)c2c1C(C#N)N(C(=O)OC(C)(C)C)CC2. The van der Waals surface area contributed by atoms with E-state index < -0.39 is 29.6 Å². The molecule has 8 heteroatoms. The van der Waals surface area contributed by atoms with Gasteiger partial charge in [-0.1, -0.05) is 26.0 Å². The van der Waals surface area contributed by atoms with E-state index >= 15 is 0 Å². The van der Waals surface area contributed by atoms with E-state index in [0.717, 1.165) is 11.4 Å². The number of fused-ring (bicyclic) bond motifs is 1. The number of nitriles is 1. The van der Waals surface area contributed by atoms with Crippen LogP contribution >= 0.6 is 0 Å². The normalized spacial score (nSPS) is 16.6. The molecule has 1 amide bonds. The van der Waals surface area contributed by atoms with Gasteiger partial charge in [0.15, 0.2) is 6.04 Å². The summed E-state index contributed by atoms with van der Waals surface area (Å²) in [6.45, 7) is 13.6. The van der Waals surface area contributed by atoms with E-state index in [1.165, 1.54) is 10.5 Å². The first-order valence-corrected chi connectivity index (χ1v) is 11.8. The van der Waals surface area contributed by atoms with Crippen LogP contribution in [0.4, 0.5) is 4.79 Å². The number of ether oxygens (including phenoxy) is 2. The minimum absolute atomic E-state index is 0.244. The van der Waals surface area contributed by atoms with Crippen molar-refractivity contribution in [1.82, 2.24) is 14.7 Å². The fourth-order valence-corrected chi connectivity index (χ4v) is 4.10. The number of rotatable bonds is 5. The van der Waals surface area contributed by atoms with E-state index in [4.69, 9.17) is 14.6 Å². The highest BCUT2D eigenvalue weighted by molar-refractivity contribution is 5.78. The van der Waals surface area contributed by atoms with Crippen LogP contribution in [-0.4, -0.2) is 45.5 Å². The standard InChI is InChI=1S/C26H34N4O4/c1-8-33-24(31)17(4)23-22-20(30(28-23)19-11-9-18(10-12-19)16(2)3)13-14-29(21(22)15-27)25(32)34-26(5,6)7/h9-12,16-17,21H,8,13-14H2,1-7H3. The number of carbonyl (C=O) groups excluding carboxylic acids is 2. The van der Waals surface area contributed by atoms with E-state index in [-0.39, 0.29) is 6.61 Å². The van der Waals surface area contributed by atoms with E-state index in [1.54, 1.807) is 39.3 Å². The van der Waals surface area contributed by atoms with E-state index in [0.29, 0.717) is 30.1 Å². The largest absolute Gasteiger partial charge is 0.465 e. The van der Waals surface area contributed by atoms with Crippen molar-refractivity contribution in [3.8, 4) is 11.8 Å². The van der Waals surface area contributed by atoms with Crippen LogP contribution in [0.2, 0.25) is 0 Å². The second-order valence-electron chi connectivity index (χ2n) is 9.83. The maximum Gasteiger partial charge on any atom is 0.411 e. The Bertz CT molecular complexity index is 1090. The summed E-state index contributed by atoms with van der Waals surface area (Å²) in [6.07, 6.45) is -0.0882. The number of nitrogens with zero attached hydrogens (tertiary/aromatic N) is 4.